The molecular weight excluding hydrogens is 354 g/mol. The third-order valence-electron chi connectivity index (χ3n) is 4.95. The van der Waals surface area contributed by atoms with Crippen LogP contribution < -0.4 is 4.90 Å². The lowest BCUT2D eigenvalue weighted by Crippen LogP contribution is -2.45. The quantitative estimate of drug-likeness (QED) is 0.678. The van der Waals surface area contributed by atoms with Crippen LogP contribution in [0.3, 0.4) is 0 Å². The molecule has 5 heterocycles. The Morgan fingerprint density at radius 2 is 1.92 bits per heavy atom. The van der Waals surface area contributed by atoms with Gasteiger partial charge < -0.3 is 14.4 Å². The summed E-state index contributed by atoms with van der Waals surface area (Å²) in [5, 5.41) is 5.51. The van der Waals surface area contributed by atoms with E-state index >= 15 is 0 Å². The minimum atomic E-state index is -0.358. The highest BCUT2D eigenvalue weighted by atomic mass is 32.1. The molecule has 7 heteroatoms. The number of aryl methyl sites for hydroxylation is 1. The van der Waals surface area contributed by atoms with Crippen LogP contribution in [0, 0.1) is 6.92 Å². The van der Waals surface area contributed by atoms with Crippen LogP contribution in [-0.4, -0.2) is 42.1 Å². The number of nitrogens with zero attached hydrogens (tertiary/aromatic N) is 3. The Balaban J connectivity index is 1.55. The average molecular weight is 374 g/mol. The van der Waals surface area contributed by atoms with Gasteiger partial charge in [0, 0.05) is 41.8 Å². The van der Waals surface area contributed by atoms with Crippen molar-refractivity contribution in [3.63, 3.8) is 0 Å². The van der Waals surface area contributed by atoms with E-state index in [1.165, 1.54) is 15.8 Å². The molecule has 0 bridgehead atoms. The molecule has 2 aliphatic rings. The Morgan fingerprint density at radius 3 is 2.64 bits per heavy atom. The highest BCUT2D eigenvalue weighted by Gasteiger charge is 2.40. The molecule has 0 aliphatic carbocycles. The molecule has 0 radical (unpaired) electrons. The van der Waals surface area contributed by atoms with Crippen LogP contribution in [0.25, 0.3) is 20.7 Å². The van der Waals surface area contributed by atoms with Gasteiger partial charge in [0.25, 0.3) is 0 Å². The first-order chi connectivity index (χ1) is 12.2. The lowest BCUT2D eigenvalue weighted by molar-refractivity contribution is -0.169. The average Bonchev–Trinajstić information content (AvgIpc) is 3.35. The topological polar surface area (TPSA) is 47.5 Å². The fourth-order valence-electron chi connectivity index (χ4n) is 3.71. The fraction of sp³-hybridized carbons (Fsp3) is 0.444. The SMILES string of the molecule is Cc1nc(N2CCC3(CC2)OCCO3)c2c(-c3cccs3)csc2n1. The van der Waals surface area contributed by atoms with E-state index < -0.39 is 0 Å². The first-order valence-corrected chi connectivity index (χ1v) is 10.3. The lowest BCUT2D eigenvalue weighted by atomic mass is 10.0. The van der Waals surface area contributed by atoms with Crippen LogP contribution >= 0.6 is 22.7 Å². The first-order valence-electron chi connectivity index (χ1n) is 8.57. The van der Waals surface area contributed by atoms with E-state index in [9.17, 15) is 0 Å². The summed E-state index contributed by atoms with van der Waals surface area (Å²) in [4.78, 5) is 14.2. The van der Waals surface area contributed by atoms with Crippen molar-refractivity contribution in [3.8, 4) is 10.4 Å². The predicted molar refractivity (Wildman–Crippen MR) is 102 cm³/mol. The molecule has 25 heavy (non-hydrogen) atoms. The van der Waals surface area contributed by atoms with Crippen molar-refractivity contribution in [1.29, 1.82) is 0 Å². The van der Waals surface area contributed by atoms with Crippen molar-refractivity contribution in [3.05, 3.63) is 28.7 Å². The summed E-state index contributed by atoms with van der Waals surface area (Å²) in [5.41, 5.74) is 1.25. The fourth-order valence-corrected chi connectivity index (χ4v) is 5.52. The second kappa shape index (κ2) is 6.02. The zero-order valence-electron chi connectivity index (χ0n) is 14.0. The number of anilines is 1. The van der Waals surface area contributed by atoms with Gasteiger partial charge in [-0.25, -0.2) is 9.97 Å². The molecule has 3 aromatic heterocycles. The van der Waals surface area contributed by atoms with Crippen molar-refractivity contribution in [2.45, 2.75) is 25.6 Å². The zero-order chi connectivity index (χ0) is 16.9. The van der Waals surface area contributed by atoms with E-state index in [-0.39, 0.29) is 5.79 Å². The molecular formula is C18H19N3O2S2. The third-order valence-corrected chi connectivity index (χ3v) is 6.73. The Hall–Kier alpha value is -1.54. The van der Waals surface area contributed by atoms with E-state index in [0.717, 1.165) is 42.4 Å². The van der Waals surface area contributed by atoms with Crippen molar-refractivity contribution >= 4 is 38.7 Å². The van der Waals surface area contributed by atoms with Crippen molar-refractivity contribution in [2.75, 3.05) is 31.2 Å². The van der Waals surface area contributed by atoms with Crippen LogP contribution in [0.2, 0.25) is 0 Å². The van der Waals surface area contributed by atoms with Gasteiger partial charge in [-0.15, -0.1) is 22.7 Å². The Kier molecular flexibility index (Phi) is 3.78. The molecule has 2 aliphatic heterocycles. The summed E-state index contributed by atoms with van der Waals surface area (Å²) in [6.07, 6.45) is 1.77. The number of piperidine rings is 1. The lowest BCUT2D eigenvalue weighted by Gasteiger charge is -2.38. The molecule has 1 spiro atoms. The Morgan fingerprint density at radius 1 is 1.12 bits per heavy atom. The van der Waals surface area contributed by atoms with Gasteiger partial charge in [0.1, 0.15) is 16.5 Å². The van der Waals surface area contributed by atoms with Crippen LogP contribution in [0.1, 0.15) is 18.7 Å². The summed E-state index contributed by atoms with van der Waals surface area (Å²) < 4.78 is 11.7. The molecule has 2 fully saturated rings. The van der Waals surface area contributed by atoms with Crippen molar-refractivity contribution in [2.24, 2.45) is 0 Å². The maximum Gasteiger partial charge on any atom is 0.171 e. The number of ether oxygens (including phenoxy) is 2. The van der Waals surface area contributed by atoms with Gasteiger partial charge in [-0.05, 0) is 18.4 Å². The molecule has 0 unspecified atom stereocenters. The second-order valence-corrected chi connectivity index (χ2v) is 8.30. The highest BCUT2D eigenvalue weighted by Crippen LogP contribution is 2.41. The van der Waals surface area contributed by atoms with Gasteiger partial charge in [-0.3, -0.25) is 0 Å². The van der Waals surface area contributed by atoms with E-state index in [0.29, 0.717) is 13.2 Å². The molecule has 0 N–H and O–H groups in total. The molecule has 5 rings (SSSR count). The summed E-state index contributed by atoms with van der Waals surface area (Å²) in [6, 6.07) is 4.26. The predicted octanol–water partition coefficient (Wildman–Crippen LogP) is 4.07. The standard InChI is InChI=1S/C18H19N3O2S2/c1-12-19-16(21-6-4-18(5-7-21)22-8-9-23-18)15-13(11-25-17(15)20-12)14-3-2-10-24-14/h2-3,10-11H,4-9H2,1H3. The highest BCUT2D eigenvalue weighted by molar-refractivity contribution is 7.18. The largest absolute Gasteiger partial charge is 0.356 e. The van der Waals surface area contributed by atoms with Gasteiger partial charge in [0.2, 0.25) is 0 Å². The summed E-state index contributed by atoms with van der Waals surface area (Å²) in [5.74, 6) is 1.53. The molecule has 0 amide bonds. The molecule has 0 aromatic carbocycles. The smallest absolute Gasteiger partial charge is 0.171 e. The number of rotatable bonds is 2. The summed E-state index contributed by atoms with van der Waals surface area (Å²) in [7, 11) is 0. The molecule has 0 atom stereocenters. The van der Waals surface area contributed by atoms with Crippen LogP contribution in [0.15, 0.2) is 22.9 Å². The van der Waals surface area contributed by atoms with Gasteiger partial charge in [-0.2, -0.15) is 0 Å². The molecule has 0 saturated carbocycles. The van der Waals surface area contributed by atoms with Crippen LogP contribution in [-0.2, 0) is 9.47 Å². The normalized spacial score (nSPS) is 20.0. The van der Waals surface area contributed by atoms with E-state index in [4.69, 9.17) is 14.5 Å². The summed E-state index contributed by atoms with van der Waals surface area (Å²) >= 11 is 3.47. The van der Waals surface area contributed by atoms with Crippen molar-refractivity contribution in [1.82, 2.24) is 9.97 Å². The maximum atomic E-state index is 5.87. The van der Waals surface area contributed by atoms with Gasteiger partial charge in [0.15, 0.2) is 5.79 Å². The van der Waals surface area contributed by atoms with Crippen LogP contribution in [0.4, 0.5) is 5.82 Å². The minimum absolute atomic E-state index is 0.358. The van der Waals surface area contributed by atoms with Gasteiger partial charge in [-0.1, -0.05) is 6.07 Å². The monoisotopic (exact) mass is 373 g/mol. The third kappa shape index (κ3) is 2.66. The van der Waals surface area contributed by atoms with E-state index in [1.54, 1.807) is 22.7 Å². The molecule has 3 aromatic rings. The van der Waals surface area contributed by atoms with Crippen LogP contribution in [0.5, 0.6) is 0 Å². The number of hydrogen-bond donors (Lipinski definition) is 0. The number of thiophene rings is 2. The van der Waals surface area contributed by atoms with Gasteiger partial charge >= 0.3 is 0 Å². The number of fused-ring (bicyclic) bond motifs is 1. The zero-order valence-corrected chi connectivity index (χ0v) is 15.7. The van der Waals surface area contributed by atoms with Crippen molar-refractivity contribution < 1.29 is 9.47 Å². The number of aromatic nitrogens is 2. The molecule has 5 nitrogen and oxygen atoms in total. The second-order valence-electron chi connectivity index (χ2n) is 6.50. The summed E-state index contributed by atoms with van der Waals surface area (Å²) in [6.45, 7) is 5.19. The maximum absolute atomic E-state index is 5.87. The Bertz CT molecular complexity index is 891. The molecule has 130 valence electrons. The number of hydrogen-bond acceptors (Lipinski definition) is 7. The Labute approximate surface area is 154 Å². The van der Waals surface area contributed by atoms with E-state index in [2.05, 4.69) is 32.8 Å². The first kappa shape index (κ1) is 15.7. The van der Waals surface area contributed by atoms with E-state index in [1.807, 2.05) is 6.92 Å². The van der Waals surface area contributed by atoms with Gasteiger partial charge in [0.05, 0.1) is 18.6 Å². The molecule has 2 saturated heterocycles. The minimum Gasteiger partial charge on any atom is -0.356 e.